The number of fused-ring (bicyclic) bond motifs is 1. The average Bonchev–Trinajstić information content (AvgIpc) is 3.28. The maximum atomic E-state index is 12.5. The van der Waals surface area contributed by atoms with Gasteiger partial charge in [0.15, 0.2) is 0 Å². The Labute approximate surface area is 155 Å². The summed E-state index contributed by atoms with van der Waals surface area (Å²) in [4.78, 5) is 38.5. The van der Waals surface area contributed by atoms with Crippen molar-refractivity contribution in [3.8, 4) is 5.69 Å². The van der Waals surface area contributed by atoms with Crippen LogP contribution >= 0.6 is 0 Å². The number of carbonyl (C=O) groups excluding carboxylic acids is 3. The highest BCUT2D eigenvalue weighted by Crippen LogP contribution is 2.37. The van der Waals surface area contributed by atoms with Crippen molar-refractivity contribution in [3.63, 3.8) is 0 Å². The molecule has 27 heavy (non-hydrogen) atoms. The van der Waals surface area contributed by atoms with Crippen LogP contribution in [0.2, 0.25) is 0 Å². The summed E-state index contributed by atoms with van der Waals surface area (Å²) in [5, 5.41) is 13.8. The minimum absolute atomic E-state index is 0.210. The van der Waals surface area contributed by atoms with Gasteiger partial charge in [-0.1, -0.05) is 18.9 Å². The lowest BCUT2D eigenvalue weighted by molar-refractivity contribution is -0.142. The molecule has 0 unspecified atom stereocenters. The molecule has 9 heteroatoms. The molecular weight excluding hydrogens is 348 g/mol. The van der Waals surface area contributed by atoms with Gasteiger partial charge in [-0.3, -0.25) is 19.3 Å². The van der Waals surface area contributed by atoms with E-state index >= 15 is 0 Å². The second-order valence-electron chi connectivity index (χ2n) is 7.06. The third-order valence-electron chi connectivity index (χ3n) is 5.32. The fourth-order valence-electron chi connectivity index (χ4n) is 3.94. The number of tetrazole rings is 1. The van der Waals surface area contributed by atoms with Crippen molar-refractivity contribution < 1.29 is 14.4 Å². The van der Waals surface area contributed by atoms with E-state index in [0.717, 1.165) is 41.8 Å². The van der Waals surface area contributed by atoms with Crippen LogP contribution in [0.5, 0.6) is 0 Å². The van der Waals surface area contributed by atoms with Gasteiger partial charge in [-0.05, 0) is 47.9 Å². The number of hydrogen-bond acceptors (Lipinski definition) is 6. The number of amides is 3. The normalized spacial score (nSPS) is 22.0. The Morgan fingerprint density at radius 3 is 2.52 bits per heavy atom. The van der Waals surface area contributed by atoms with Crippen molar-refractivity contribution in [1.82, 2.24) is 25.1 Å². The molecule has 2 fully saturated rings. The van der Waals surface area contributed by atoms with Crippen molar-refractivity contribution in [3.05, 3.63) is 30.1 Å². The smallest absolute Gasteiger partial charge is 0.244 e. The summed E-state index contributed by atoms with van der Waals surface area (Å²) in [5.74, 6) is -1.31. The fourth-order valence-corrected chi connectivity index (χ4v) is 3.94. The van der Waals surface area contributed by atoms with Gasteiger partial charge in [0.2, 0.25) is 17.7 Å². The number of aryl methyl sites for hydroxylation is 1. The van der Waals surface area contributed by atoms with Crippen LogP contribution in [-0.2, 0) is 14.4 Å². The number of aromatic nitrogens is 4. The topological polar surface area (TPSA) is 110 Å². The van der Waals surface area contributed by atoms with Gasteiger partial charge in [-0.15, -0.1) is 5.10 Å². The molecule has 2 atom stereocenters. The van der Waals surface area contributed by atoms with E-state index in [1.807, 2.05) is 13.0 Å². The van der Waals surface area contributed by atoms with Crippen LogP contribution in [0.1, 0.15) is 31.2 Å². The summed E-state index contributed by atoms with van der Waals surface area (Å²) in [5.41, 5.74) is 2.22. The Bertz CT molecular complexity index is 871. The maximum absolute atomic E-state index is 12.5. The Morgan fingerprint density at radius 1 is 1.19 bits per heavy atom. The van der Waals surface area contributed by atoms with Gasteiger partial charge < -0.3 is 5.32 Å². The standard InChI is InChI=1S/C18H20N6O3/c1-11-6-7-12(8-15(11)24-10-19-21-22-24)20-16(25)9-23-17(26)13-4-2-3-5-14(13)18(23)27/h6-8,10,13-14H,2-5,9H2,1H3,(H,20,25)/t13-,14+. The van der Waals surface area contributed by atoms with Crippen LogP contribution in [0.15, 0.2) is 24.5 Å². The van der Waals surface area contributed by atoms with Crippen molar-refractivity contribution in [2.24, 2.45) is 11.8 Å². The van der Waals surface area contributed by atoms with Crippen molar-refractivity contribution in [2.45, 2.75) is 32.6 Å². The second-order valence-corrected chi connectivity index (χ2v) is 7.06. The summed E-state index contributed by atoms with van der Waals surface area (Å²) >= 11 is 0. The predicted octanol–water partition coefficient (Wildman–Crippen LogP) is 1.08. The highest BCUT2D eigenvalue weighted by Gasteiger charge is 2.48. The molecule has 0 radical (unpaired) electrons. The number of carbonyl (C=O) groups is 3. The molecule has 0 spiro atoms. The van der Waals surface area contributed by atoms with E-state index in [-0.39, 0.29) is 30.2 Å². The Morgan fingerprint density at radius 2 is 1.89 bits per heavy atom. The van der Waals surface area contributed by atoms with Crippen LogP contribution in [0.4, 0.5) is 5.69 Å². The van der Waals surface area contributed by atoms with Gasteiger partial charge in [0.25, 0.3) is 0 Å². The Hall–Kier alpha value is -3.10. The minimum Gasteiger partial charge on any atom is -0.324 e. The summed E-state index contributed by atoms with van der Waals surface area (Å²) in [6, 6.07) is 5.35. The molecule has 2 aliphatic rings. The van der Waals surface area contributed by atoms with Crippen LogP contribution < -0.4 is 5.32 Å². The molecule has 1 saturated carbocycles. The third kappa shape index (κ3) is 3.20. The van der Waals surface area contributed by atoms with E-state index in [9.17, 15) is 14.4 Å². The lowest BCUT2D eigenvalue weighted by Gasteiger charge is -2.19. The first-order chi connectivity index (χ1) is 13.0. The molecule has 1 aromatic carbocycles. The summed E-state index contributed by atoms with van der Waals surface area (Å²) < 4.78 is 1.50. The van der Waals surface area contributed by atoms with Crippen molar-refractivity contribution in [2.75, 3.05) is 11.9 Å². The maximum Gasteiger partial charge on any atom is 0.244 e. The third-order valence-corrected chi connectivity index (χ3v) is 5.32. The van der Waals surface area contributed by atoms with Gasteiger partial charge in [0.05, 0.1) is 17.5 Å². The first kappa shape index (κ1) is 17.3. The van der Waals surface area contributed by atoms with Gasteiger partial charge in [-0.25, -0.2) is 4.68 Å². The quantitative estimate of drug-likeness (QED) is 0.809. The first-order valence-corrected chi connectivity index (χ1v) is 9.03. The number of imide groups is 1. The highest BCUT2D eigenvalue weighted by molar-refractivity contribution is 6.08. The molecular formula is C18H20N6O3. The van der Waals surface area contributed by atoms with Crippen LogP contribution in [-0.4, -0.2) is 49.4 Å². The van der Waals surface area contributed by atoms with E-state index in [1.165, 1.54) is 11.0 Å². The number of nitrogens with zero attached hydrogens (tertiary/aromatic N) is 5. The number of rotatable bonds is 4. The fraction of sp³-hybridized carbons (Fsp3) is 0.444. The van der Waals surface area contributed by atoms with Gasteiger partial charge in [-0.2, -0.15) is 0 Å². The number of benzene rings is 1. The van der Waals surface area contributed by atoms with E-state index in [1.54, 1.807) is 12.1 Å². The number of anilines is 1. The molecule has 0 bridgehead atoms. The van der Waals surface area contributed by atoms with E-state index in [0.29, 0.717) is 5.69 Å². The lowest BCUT2D eigenvalue weighted by Crippen LogP contribution is -2.38. The molecule has 9 nitrogen and oxygen atoms in total. The molecule has 1 aliphatic heterocycles. The summed E-state index contributed by atoms with van der Waals surface area (Å²) in [6.45, 7) is 1.66. The first-order valence-electron chi connectivity index (χ1n) is 9.03. The largest absolute Gasteiger partial charge is 0.324 e. The minimum atomic E-state index is -0.401. The Balaban J connectivity index is 1.46. The highest BCUT2D eigenvalue weighted by atomic mass is 16.2. The predicted molar refractivity (Wildman–Crippen MR) is 94.7 cm³/mol. The number of hydrogen-bond donors (Lipinski definition) is 1. The SMILES string of the molecule is Cc1ccc(NC(=O)CN2C(=O)[C@H]3CCCC[C@H]3C2=O)cc1-n1cnnn1. The van der Waals surface area contributed by atoms with Crippen LogP contribution in [0.3, 0.4) is 0 Å². The molecule has 4 rings (SSSR count). The van der Waals surface area contributed by atoms with Gasteiger partial charge >= 0.3 is 0 Å². The molecule has 1 saturated heterocycles. The zero-order valence-corrected chi connectivity index (χ0v) is 15.0. The molecule has 1 aromatic heterocycles. The van der Waals surface area contributed by atoms with Crippen molar-refractivity contribution >= 4 is 23.4 Å². The van der Waals surface area contributed by atoms with Gasteiger partial charge in [0.1, 0.15) is 12.9 Å². The number of likely N-dealkylation sites (tertiary alicyclic amines) is 1. The van der Waals surface area contributed by atoms with E-state index < -0.39 is 5.91 Å². The molecule has 140 valence electrons. The number of nitrogens with one attached hydrogen (secondary N) is 1. The van der Waals surface area contributed by atoms with E-state index in [4.69, 9.17) is 0 Å². The molecule has 3 amide bonds. The Kier molecular flexibility index (Phi) is 4.43. The summed E-state index contributed by atoms with van der Waals surface area (Å²) in [7, 11) is 0. The molecule has 1 N–H and O–H groups in total. The monoisotopic (exact) mass is 368 g/mol. The zero-order chi connectivity index (χ0) is 19.0. The lowest BCUT2D eigenvalue weighted by atomic mass is 9.81. The molecule has 1 aliphatic carbocycles. The van der Waals surface area contributed by atoms with E-state index in [2.05, 4.69) is 20.8 Å². The zero-order valence-electron chi connectivity index (χ0n) is 15.0. The van der Waals surface area contributed by atoms with Gasteiger partial charge in [0, 0.05) is 5.69 Å². The summed E-state index contributed by atoms with van der Waals surface area (Å²) in [6.07, 6.45) is 4.87. The molecule has 2 aromatic rings. The van der Waals surface area contributed by atoms with Crippen LogP contribution in [0, 0.1) is 18.8 Å². The average molecular weight is 368 g/mol. The van der Waals surface area contributed by atoms with Crippen LogP contribution in [0.25, 0.3) is 5.69 Å². The van der Waals surface area contributed by atoms with Crippen molar-refractivity contribution in [1.29, 1.82) is 0 Å². The molecule has 2 heterocycles. The second kappa shape index (κ2) is 6.90.